The van der Waals surface area contributed by atoms with Gasteiger partial charge in [-0.15, -0.1) is 0 Å². The van der Waals surface area contributed by atoms with E-state index in [1.165, 1.54) is 0 Å². The number of anilines is 1. The molecule has 0 atom stereocenters. The number of phenolic OH excluding ortho intramolecular Hbond substituents is 1. The number of para-hydroxylation sites is 1. The summed E-state index contributed by atoms with van der Waals surface area (Å²) in [6, 6.07) is 13.7. The summed E-state index contributed by atoms with van der Waals surface area (Å²) in [6.45, 7) is 0. The van der Waals surface area contributed by atoms with Gasteiger partial charge in [0.2, 0.25) is 0 Å². The number of aromatic nitrogens is 2. The van der Waals surface area contributed by atoms with Crippen LogP contribution < -0.4 is 5.32 Å². The molecular formula is C15H11N3O2. The number of nitrogens with one attached hydrogen (secondary N) is 1. The molecule has 0 radical (unpaired) electrons. The van der Waals surface area contributed by atoms with Crippen molar-refractivity contribution in [2.24, 2.45) is 0 Å². The van der Waals surface area contributed by atoms with E-state index >= 15 is 0 Å². The fourth-order valence-electron chi connectivity index (χ4n) is 1.88. The average molecular weight is 265 g/mol. The van der Waals surface area contributed by atoms with Gasteiger partial charge in [-0.25, -0.2) is 4.98 Å². The predicted molar refractivity (Wildman–Crippen MR) is 75.6 cm³/mol. The van der Waals surface area contributed by atoms with Gasteiger partial charge in [0.25, 0.3) is 5.91 Å². The first-order chi connectivity index (χ1) is 9.74. The number of amides is 1. The SMILES string of the molecule is O=C(Nc1ccc2cccc(O)c2n1)c1ccccn1. The van der Waals surface area contributed by atoms with Crippen molar-refractivity contribution in [2.45, 2.75) is 0 Å². The second kappa shape index (κ2) is 4.97. The van der Waals surface area contributed by atoms with E-state index in [0.717, 1.165) is 5.39 Å². The topological polar surface area (TPSA) is 75.1 Å². The van der Waals surface area contributed by atoms with Crippen LogP contribution in [0.4, 0.5) is 5.82 Å². The normalized spacial score (nSPS) is 10.4. The molecule has 5 heteroatoms. The molecule has 0 aliphatic rings. The number of fused-ring (bicyclic) bond motifs is 1. The lowest BCUT2D eigenvalue weighted by atomic mass is 10.2. The molecule has 3 rings (SSSR count). The summed E-state index contributed by atoms with van der Waals surface area (Å²) >= 11 is 0. The van der Waals surface area contributed by atoms with E-state index in [-0.39, 0.29) is 11.7 Å². The van der Waals surface area contributed by atoms with Crippen molar-refractivity contribution in [1.82, 2.24) is 9.97 Å². The number of benzene rings is 1. The highest BCUT2D eigenvalue weighted by atomic mass is 16.3. The van der Waals surface area contributed by atoms with Crippen LogP contribution >= 0.6 is 0 Å². The number of aromatic hydroxyl groups is 1. The van der Waals surface area contributed by atoms with Gasteiger partial charge in [-0.3, -0.25) is 9.78 Å². The van der Waals surface area contributed by atoms with Crippen molar-refractivity contribution < 1.29 is 9.90 Å². The quantitative estimate of drug-likeness (QED) is 0.746. The molecule has 0 saturated heterocycles. The molecular weight excluding hydrogens is 254 g/mol. The molecule has 0 fully saturated rings. The van der Waals surface area contributed by atoms with E-state index in [9.17, 15) is 9.90 Å². The zero-order valence-electron chi connectivity index (χ0n) is 10.4. The fourth-order valence-corrected chi connectivity index (χ4v) is 1.88. The second-order valence-corrected chi connectivity index (χ2v) is 4.21. The number of rotatable bonds is 2. The van der Waals surface area contributed by atoms with E-state index in [4.69, 9.17) is 0 Å². The van der Waals surface area contributed by atoms with Gasteiger partial charge in [0.15, 0.2) is 0 Å². The number of nitrogens with zero attached hydrogens (tertiary/aromatic N) is 2. The maximum Gasteiger partial charge on any atom is 0.275 e. The van der Waals surface area contributed by atoms with Crippen LogP contribution in [0, 0.1) is 0 Å². The first-order valence-corrected chi connectivity index (χ1v) is 6.05. The Morgan fingerprint density at radius 3 is 2.75 bits per heavy atom. The highest BCUT2D eigenvalue weighted by molar-refractivity contribution is 6.02. The van der Waals surface area contributed by atoms with Gasteiger partial charge in [0, 0.05) is 11.6 Å². The van der Waals surface area contributed by atoms with Crippen LogP contribution in [0.2, 0.25) is 0 Å². The van der Waals surface area contributed by atoms with Crippen LogP contribution in [0.15, 0.2) is 54.7 Å². The Kier molecular flexibility index (Phi) is 3.01. The minimum atomic E-state index is -0.340. The number of carbonyl (C=O) groups excluding carboxylic acids is 1. The lowest BCUT2D eigenvalue weighted by Crippen LogP contribution is -2.14. The van der Waals surface area contributed by atoms with Crippen LogP contribution in [0.1, 0.15) is 10.5 Å². The molecule has 5 nitrogen and oxygen atoms in total. The molecule has 0 aliphatic carbocycles. The summed E-state index contributed by atoms with van der Waals surface area (Å²) in [5, 5.41) is 13.2. The molecule has 0 bridgehead atoms. The van der Waals surface area contributed by atoms with E-state index in [1.54, 1.807) is 48.7 Å². The first kappa shape index (κ1) is 12.1. The third-order valence-electron chi connectivity index (χ3n) is 2.84. The van der Waals surface area contributed by atoms with Gasteiger partial charge in [-0.05, 0) is 30.3 Å². The Hall–Kier alpha value is -2.95. The highest BCUT2D eigenvalue weighted by Gasteiger charge is 2.08. The summed E-state index contributed by atoms with van der Waals surface area (Å²) < 4.78 is 0. The number of phenols is 1. The van der Waals surface area contributed by atoms with Crippen molar-refractivity contribution in [2.75, 3.05) is 5.32 Å². The first-order valence-electron chi connectivity index (χ1n) is 6.05. The van der Waals surface area contributed by atoms with Crippen molar-refractivity contribution in [1.29, 1.82) is 0 Å². The molecule has 0 unspecified atom stereocenters. The van der Waals surface area contributed by atoms with Gasteiger partial charge in [0.1, 0.15) is 22.8 Å². The molecule has 2 aromatic heterocycles. The zero-order valence-corrected chi connectivity index (χ0v) is 10.4. The Morgan fingerprint density at radius 1 is 1.05 bits per heavy atom. The van der Waals surface area contributed by atoms with Crippen LogP contribution in [-0.2, 0) is 0 Å². The van der Waals surface area contributed by atoms with Crippen molar-refractivity contribution in [3.63, 3.8) is 0 Å². The van der Waals surface area contributed by atoms with E-state index in [1.807, 2.05) is 6.07 Å². The number of carbonyl (C=O) groups is 1. The number of hydrogen-bond donors (Lipinski definition) is 2. The minimum absolute atomic E-state index is 0.0800. The largest absolute Gasteiger partial charge is 0.506 e. The number of pyridine rings is 2. The molecule has 0 saturated carbocycles. The third kappa shape index (κ3) is 2.29. The van der Waals surface area contributed by atoms with Crippen LogP contribution in [0.3, 0.4) is 0 Å². The van der Waals surface area contributed by atoms with E-state index < -0.39 is 0 Å². The second-order valence-electron chi connectivity index (χ2n) is 4.21. The van der Waals surface area contributed by atoms with E-state index in [2.05, 4.69) is 15.3 Å². The Bertz CT molecular complexity index is 772. The monoisotopic (exact) mass is 265 g/mol. The standard InChI is InChI=1S/C15H11N3O2/c19-12-6-3-4-10-7-8-13(17-14(10)12)18-15(20)11-5-1-2-9-16-11/h1-9,19H,(H,17,18,20). The molecule has 1 amide bonds. The van der Waals surface area contributed by atoms with E-state index in [0.29, 0.717) is 17.0 Å². The van der Waals surface area contributed by atoms with Crippen molar-refractivity contribution in [3.8, 4) is 5.75 Å². The summed E-state index contributed by atoms with van der Waals surface area (Å²) in [7, 11) is 0. The predicted octanol–water partition coefficient (Wildman–Crippen LogP) is 2.59. The Labute approximate surface area is 114 Å². The molecule has 1 aromatic carbocycles. The lowest BCUT2D eigenvalue weighted by Gasteiger charge is -2.06. The van der Waals surface area contributed by atoms with Crippen molar-refractivity contribution in [3.05, 3.63) is 60.4 Å². The summed E-state index contributed by atoms with van der Waals surface area (Å²) in [5.74, 6) is 0.110. The third-order valence-corrected chi connectivity index (χ3v) is 2.84. The maximum atomic E-state index is 12.0. The molecule has 0 spiro atoms. The molecule has 98 valence electrons. The Morgan fingerprint density at radius 2 is 1.95 bits per heavy atom. The highest BCUT2D eigenvalue weighted by Crippen LogP contribution is 2.23. The van der Waals surface area contributed by atoms with Gasteiger partial charge in [-0.1, -0.05) is 18.2 Å². The summed E-state index contributed by atoms with van der Waals surface area (Å²) in [6.07, 6.45) is 1.55. The summed E-state index contributed by atoms with van der Waals surface area (Å²) in [4.78, 5) is 20.2. The average Bonchev–Trinajstić information content (AvgIpc) is 2.49. The molecule has 2 heterocycles. The van der Waals surface area contributed by atoms with Crippen molar-refractivity contribution >= 4 is 22.6 Å². The fraction of sp³-hybridized carbons (Fsp3) is 0. The smallest absolute Gasteiger partial charge is 0.275 e. The minimum Gasteiger partial charge on any atom is -0.506 e. The van der Waals surface area contributed by atoms with Gasteiger partial charge >= 0.3 is 0 Å². The van der Waals surface area contributed by atoms with Crippen LogP contribution in [0.5, 0.6) is 5.75 Å². The van der Waals surface area contributed by atoms with Crippen LogP contribution in [-0.4, -0.2) is 21.0 Å². The molecule has 2 N–H and O–H groups in total. The van der Waals surface area contributed by atoms with Gasteiger partial charge < -0.3 is 10.4 Å². The lowest BCUT2D eigenvalue weighted by molar-refractivity contribution is 0.102. The zero-order chi connectivity index (χ0) is 13.9. The summed E-state index contributed by atoms with van der Waals surface area (Å²) in [5.41, 5.74) is 0.762. The number of hydrogen-bond acceptors (Lipinski definition) is 4. The van der Waals surface area contributed by atoms with Gasteiger partial charge in [0.05, 0.1) is 0 Å². The molecule has 20 heavy (non-hydrogen) atoms. The molecule has 3 aromatic rings. The van der Waals surface area contributed by atoms with Gasteiger partial charge in [-0.2, -0.15) is 0 Å². The Balaban J connectivity index is 1.92. The maximum absolute atomic E-state index is 12.0. The van der Waals surface area contributed by atoms with Crippen LogP contribution in [0.25, 0.3) is 10.9 Å². The molecule has 0 aliphatic heterocycles.